The van der Waals surface area contributed by atoms with Gasteiger partial charge in [-0.05, 0) is 47.9 Å². The van der Waals surface area contributed by atoms with E-state index in [1.165, 1.54) is 0 Å². The molecule has 0 saturated heterocycles. The number of nitrogens with zero attached hydrogens (tertiary/aromatic N) is 1. The van der Waals surface area contributed by atoms with Crippen molar-refractivity contribution in [1.29, 1.82) is 0 Å². The van der Waals surface area contributed by atoms with Gasteiger partial charge in [-0.1, -0.05) is 24.3 Å². The van der Waals surface area contributed by atoms with Gasteiger partial charge in [0.15, 0.2) is 0 Å². The van der Waals surface area contributed by atoms with E-state index in [2.05, 4.69) is 15.5 Å². The van der Waals surface area contributed by atoms with E-state index in [4.69, 9.17) is 0 Å². The van der Waals surface area contributed by atoms with Crippen LogP contribution >= 0.6 is 0 Å². The molecule has 0 aliphatic heterocycles. The Kier molecular flexibility index (Phi) is 3.69. The number of aromatic amines is 1. The van der Waals surface area contributed by atoms with Crippen molar-refractivity contribution in [2.75, 3.05) is 5.32 Å². The average Bonchev–Trinajstić information content (AvgIpc) is 3.03. The predicted octanol–water partition coefficient (Wildman–Crippen LogP) is 4.14. The fourth-order valence-electron chi connectivity index (χ4n) is 2.13. The lowest BCUT2D eigenvalue weighted by atomic mass is 10.1. The van der Waals surface area contributed by atoms with Gasteiger partial charge in [0.25, 0.3) is 0 Å². The van der Waals surface area contributed by atoms with Gasteiger partial charge in [0.2, 0.25) is 0 Å². The number of nitrogens with one attached hydrogen (secondary N) is 2. The molecule has 0 spiro atoms. The van der Waals surface area contributed by atoms with Crippen LogP contribution in [0.5, 0.6) is 0 Å². The van der Waals surface area contributed by atoms with Gasteiger partial charge in [0, 0.05) is 18.4 Å². The molecule has 0 aliphatic carbocycles. The molecule has 3 aromatic rings. The molecule has 0 fully saturated rings. The highest BCUT2D eigenvalue weighted by atomic mass is 19.1. The van der Waals surface area contributed by atoms with E-state index >= 15 is 0 Å². The van der Waals surface area contributed by atoms with E-state index in [0.717, 1.165) is 22.5 Å². The van der Waals surface area contributed by atoms with Crippen molar-refractivity contribution in [2.45, 2.75) is 13.5 Å². The van der Waals surface area contributed by atoms with Crippen LogP contribution in [0.4, 0.5) is 10.1 Å². The second-order valence-electron chi connectivity index (χ2n) is 4.98. The molecule has 0 bridgehead atoms. The molecule has 0 aliphatic rings. The molecule has 4 heteroatoms. The summed E-state index contributed by atoms with van der Waals surface area (Å²) >= 11 is 0. The molecule has 0 atom stereocenters. The Bertz CT molecular complexity index is 718. The monoisotopic (exact) mass is 281 g/mol. The summed E-state index contributed by atoms with van der Waals surface area (Å²) < 4.78 is 13.5. The van der Waals surface area contributed by atoms with E-state index in [0.29, 0.717) is 12.1 Å². The van der Waals surface area contributed by atoms with Crippen LogP contribution in [-0.2, 0) is 6.54 Å². The lowest BCUT2D eigenvalue weighted by Gasteiger charge is -2.08. The van der Waals surface area contributed by atoms with Crippen LogP contribution < -0.4 is 5.32 Å². The average molecular weight is 281 g/mol. The summed E-state index contributed by atoms with van der Waals surface area (Å²) in [5, 5.41) is 10.2. The number of aromatic nitrogens is 2. The first kappa shape index (κ1) is 13.4. The SMILES string of the molecule is Cc1ccc(CNc2ccc(-c3ccn[nH]3)cc2)cc1F. The summed E-state index contributed by atoms with van der Waals surface area (Å²) in [5.74, 6) is -0.163. The van der Waals surface area contributed by atoms with Crippen molar-refractivity contribution < 1.29 is 4.39 Å². The zero-order valence-corrected chi connectivity index (χ0v) is 11.7. The van der Waals surface area contributed by atoms with Gasteiger partial charge in [0.05, 0.1) is 5.69 Å². The van der Waals surface area contributed by atoms with Crippen LogP contribution in [-0.4, -0.2) is 10.2 Å². The minimum Gasteiger partial charge on any atom is -0.381 e. The number of hydrogen-bond acceptors (Lipinski definition) is 2. The van der Waals surface area contributed by atoms with Gasteiger partial charge >= 0.3 is 0 Å². The van der Waals surface area contributed by atoms with E-state index in [-0.39, 0.29) is 5.82 Å². The Labute approximate surface area is 122 Å². The summed E-state index contributed by atoms with van der Waals surface area (Å²) in [6.45, 7) is 2.36. The Balaban J connectivity index is 1.66. The predicted molar refractivity (Wildman–Crippen MR) is 82.5 cm³/mol. The van der Waals surface area contributed by atoms with Crippen LogP contribution in [0.15, 0.2) is 54.7 Å². The van der Waals surface area contributed by atoms with E-state index < -0.39 is 0 Å². The van der Waals surface area contributed by atoms with E-state index in [1.807, 2.05) is 36.4 Å². The third-order valence-corrected chi connectivity index (χ3v) is 3.43. The normalized spacial score (nSPS) is 10.6. The second-order valence-corrected chi connectivity index (χ2v) is 4.98. The lowest BCUT2D eigenvalue weighted by molar-refractivity contribution is 0.616. The molecule has 21 heavy (non-hydrogen) atoms. The summed E-state index contributed by atoms with van der Waals surface area (Å²) in [5.41, 5.74) is 4.67. The molecule has 0 radical (unpaired) electrons. The van der Waals surface area contributed by atoms with Crippen molar-refractivity contribution in [1.82, 2.24) is 10.2 Å². The molecule has 1 heterocycles. The second kappa shape index (κ2) is 5.79. The first-order valence-corrected chi connectivity index (χ1v) is 6.81. The Morgan fingerprint density at radius 2 is 1.90 bits per heavy atom. The topological polar surface area (TPSA) is 40.7 Å². The lowest BCUT2D eigenvalue weighted by Crippen LogP contribution is -2.00. The van der Waals surface area contributed by atoms with E-state index in [1.54, 1.807) is 25.3 Å². The maximum absolute atomic E-state index is 13.5. The summed E-state index contributed by atoms with van der Waals surface area (Å²) in [6, 6.07) is 15.3. The summed E-state index contributed by atoms with van der Waals surface area (Å²) in [6.07, 6.45) is 1.73. The van der Waals surface area contributed by atoms with Crippen LogP contribution in [0.25, 0.3) is 11.3 Å². The van der Waals surface area contributed by atoms with Gasteiger partial charge in [-0.25, -0.2) is 4.39 Å². The molecule has 2 N–H and O–H groups in total. The van der Waals surface area contributed by atoms with Crippen LogP contribution in [0.1, 0.15) is 11.1 Å². The minimum absolute atomic E-state index is 0.163. The van der Waals surface area contributed by atoms with Gasteiger partial charge in [-0.3, -0.25) is 5.10 Å². The van der Waals surface area contributed by atoms with Crippen molar-refractivity contribution in [3.63, 3.8) is 0 Å². The van der Waals surface area contributed by atoms with Gasteiger partial charge in [0.1, 0.15) is 5.82 Å². The van der Waals surface area contributed by atoms with Crippen molar-refractivity contribution in [3.8, 4) is 11.3 Å². The molecule has 1 aromatic heterocycles. The number of hydrogen-bond donors (Lipinski definition) is 2. The number of H-pyrrole nitrogens is 1. The minimum atomic E-state index is -0.163. The number of anilines is 1. The quantitative estimate of drug-likeness (QED) is 0.754. The Hall–Kier alpha value is -2.62. The third kappa shape index (κ3) is 3.11. The van der Waals surface area contributed by atoms with Gasteiger partial charge < -0.3 is 5.32 Å². The number of halogens is 1. The van der Waals surface area contributed by atoms with Crippen LogP contribution in [0.3, 0.4) is 0 Å². The van der Waals surface area contributed by atoms with E-state index in [9.17, 15) is 4.39 Å². The fourth-order valence-corrected chi connectivity index (χ4v) is 2.13. The number of benzene rings is 2. The molecule has 0 unspecified atom stereocenters. The third-order valence-electron chi connectivity index (χ3n) is 3.43. The van der Waals surface area contributed by atoms with Gasteiger partial charge in [-0.15, -0.1) is 0 Å². The van der Waals surface area contributed by atoms with Gasteiger partial charge in [-0.2, -0.15) is 5.10 Å². The molecule has 0 saturated carbocycles. The zero-order chi connectivity index (χ0) is 14.7. The van der Waals surface area contributed by atoms with Crippen molar-refractivity contribution >= 4 is 5.69 Å². The molecule has 3 nitrogen and oxygen atoms in total. The summed E-state index contributed by atoms with van der Waals surface area (Å²) in [4.78, 5) is 0. The zero-order valence-electron chi connectivity index (χ0n) is 11.7. The largest absolute Gasteiger partial charge is 0.381 e. The van der Waals surface area contributed by atoms with Crippen LogP contribution in [0, 0.1) is 12.7 Å². The first-order chi connectivity index (χ1) is 10.2. The molecule has 3 rings (SSSR count). The highest BCUT2D eigenvalue weighted by Gasteiger charge is 2.01. The Morgan fingerprint density at radius 1 is 1.10 bits per heavy atom. The first-order valence-electron chi connectivity index (χ1n) is 6.81. The molecule has 2 aromatic carbocycles. The molecular formula is C17H16FN3. The standard InChI is InChI=1S/C17H16FN3/c1-12-2-3-13(10-16(12)18)11-19-15-6-4-14(5-7-15)17-8-9-20-21-17/h2-10,19H,11H2,1H3,(H,20,21). The molecule has 0 amide bonds. The number of aryl methyl sites for hydroxylation is 1. The van der Waals surface area contributed by atoms with Crippen LogP contribution in [0.2, 0.25) is 0 Å². The number of rotatable bonds is 4. The smallest absolute Gasteiger partial charge is 0.126 e. The molecular weight excluding hydrogens is 265 g/mol. The fraction of sp³-hybridized carbons (Fsp3) is 0.118. The highest BCUT2D eigenvalue weighted by molar-refractivity contribution is 5.62. The van der Waals surface area contributed by atoms with Crippen molar-refractivity contribution in [2.24, 2.45) is 0 Å². The highest BCUT2D eigenvalue weighted by Crippen LogP contribution is 2.19. The summed E-state index contributed by atoms with van der Waals surface area (Å²) in [7, 11) is 0. The maximum Gasteiger partial charge on any atom is 0.126 e. The Morgan fingerprint density at radius 3 is 2.57 bits per heavy atom. The maximum atomic E-state index is 13.5. The molecule has 106 valence electrons. The van der Waals surface area contributed by atoms with Crippen molar-refractivity contribution in [3.05, 3.63) is 71.7 Å².